The molecule has 92 valence electrons. The van der Waals surface area contributed by atoms with Crippen LogP contribution in [-0.2, 0) is 0 Å². The fraction of sp³-hybridized carbons (Fsp3) is 0.583. The van der Waals surface area contributed by atoms with E-state index in [4.69, 9.17) is 15.9 Å². The number of nitrogens with two attached hydrogens (primary N) is 1. The summed E-state index contributed by atoms with van der Waals surface area (Å²) in [4.78, 5) is 0. The number of rotatable bonds is 3. The zero-order chi connectivity index (χ0) is 12.3. The molecule has 1 aliphatic carbocycles. The molecule has 1 saturated carbocycles. The van der Waals surface area contributed by atoms with Gasteiger partial charge in [0.05, 0.1) is 11.8 Å². The average molecular weight is 234 g/mol. The highest BCUT2D eigenvalue weighted by Gasteiger charge is 2.21. The summed E-state index contributed by atoms with van der Waals surface area (Å²) in [5.74, 6) is 1.14. The Morgan fingerprint density at radius 3 is 2.76 bits per heavy atom. The Balaban J connectivity index is 2.05. The lowest BCUT2D eigenvalue weighted by Crippen LogP contribution is -2.25. The standard InChI is InChI=1S/C12H18N4O/c1-8-2-4-9(5-3-8)17-12-10(11(13)14)6-7-15-16-12/h6-9H,2-5H2,1H3,(H3,13,14). The first-order valence-corrected chi connectivity index (χ1v) is 5.99. The van der Waals surface area contributed by atoms with Crippen molar-refractivity contribution < 1.29 is 4.74 Å². The van der Waals surface area contributed by atoms with Crippen molar-refractivity contribution in [2.45, 2.75) is 38.7 Å². The molecule has 1 aliphatic rings. The highest BCUT2D eigenvalue weighted by atomic mass is 16.5. The van der Waals surface area contributed by atoms with Gasteiger partial charge in [0.15, 0.2) is 0 Å². The minimum atomic E-state index is -0.0286. The van der Waals surface area contributed by atoms with Gasteiger partial charge in [-0.3, -0.25) is 5.41 Å². The third-order valence-corrected chi connectivity index (χ3v) is 3.22. The molecule has 1 aromatic heterocycles. The van der Waals surface area contributed by atoms with E-state index in [0.717, 1.165) is 18.8 Å². The van der Waals surface area contributed by atoms with Gasteiger partial charge >= 0.3 is 0 Å². The molecule has 5 nitrogen and oxygen atoms in total. The molecule has 5 heteroatoms. The summed E-state index contributed by atoms with van der Waals surface area (Å²) in [7, 11) is 0. The summed E-state index contributed by atoms with van der Waals surface area (Å²) in [6.07, 6.45) is 6.14. The molecule has 0 unspecified atom stereocenters. The van der Waals surface area contributed by atoms with E-state index >= 15 is 0 Å². The predicted octanol–water partition coefficient (Wildman–Crippen LogP) is 1.72. The molecule has 0 saturated heterocycles. The largest absolute Gasteiger partial charge is 0.473 e. The highest BCUT2D eigenvalue weighted by Crippen LogP contribution is 2.27. The molecule has 0 aromatic carbocycles. The minimum Gasteiger partial charge on any atom is -0.473 e. The first-order chi connectivity index (χ1) is 8.16. The van der Waals surface area contributed by atoms with Gasteiger partial charge in [-0.25, -0.2) is 0 Å². The second-order valence-corrected chi connectivity index (χ2v) is 4.66. The van der Waals surface area contributed by atoms with Crippen molar-refractivity contribution in [2.24, 2.45) is 11.7 Å². The SMILES string of the molecule is CC1CCC(Oc2nnccc2C(=N)N)CC1. The fourth-order valence-electron chi connectivity index (χ4n) is 2.12. The Kier molecular flexibility index (Phi) is 3.56. The Hall–Kier alpha value is -1.65. The maximum absolute atomic E-state index is 7.46. The normalized spacial score (nSPS) is 24.3. The van der Waals surface area contributed by atoms with E-state index in [9.17, 15) is 0 Å². The zero-order valence-corrected chi connectivity index (χ0v) is 10.0. The Morgan fingerprint density at radius 2 is 2.12 bits per heavy atom. The molecule has 0 spiro atoms. The number of ether oxygens (including phenoxy) is 1. The molecule has 0 aliphatic heterocycles. The summed E-state index contributed by atoms with van der Waals surface area (Å²) in [6.45, 7) is 2.26. The van der Waals surface area contributed by atoms with Crippen LogP contribution in [0.4, 0.5) is 0 Å². The lowest BCUT2D eigenvalue weighted by Gasteiger charge is -2.26. The van der Waals surface area contributed by atoms with Crippen molar-refractivity contribution in [2.75, 3.05) is 0 Å². The van der Waals surface area contributed by atoms with Crippen LogP contribution in [0.15, 0.2) is 12.3 Å². The van der Waals surface area contributed by atoms with Crippen LogP contribution < -0.4 is 10.5 Å². The number of aromatic nitrogens is 2. The van der Waals surface area contributed by atoms with Gasteiger partial charge < -0.3 is 10.5 Å². The average Bonchev–Trinajstić information content (AvgIpc) is 2.32. The van der Waals surface area contributed by atoms with Gasteiger partial charge in [0.2, 0.25) is 5.88 Å². The monoisotopic (exact) mass is 234 g/mol. The quantitative estimate of drug-likeness (QED) is 0.616. The minimum absolute atomic E-state index is 0.0286. The highest BCUT2D eigenvalue weighted by molar-refractivity contribution is 5.96. The van der Waals surface area contributed by atoms with Gasteiger partial charge in [0.1, 0.15) is 11.9 Å². The van der Waals surface area contributed by atoms with Crippen LogP contribution in [0, 0.1) is 11.3 Å². The topological polar surface area (TPSA) is 84.9 Å². The molecular weight excluding hydrogens is 216 g/mol. The van der Waals surface area contributed by atoms with Gasteiger partial charge in [-0.15, -0.1) is 5.10 Å². The van der Waals surface area contributed by atoms with E-state index in [-0.39, 0.29) is 11.9 Å². The van der Waals surface area contributed by atoms with Crippen LogP contribution in [0.5, 0.6) is 5.88 Å². The number of hydrogen-bond donors (Lipinski definition) is 2. The Labute approximate surface area is 101 Å². The van der Waals surface area contributed by atoms with Crippen molar-refractivity contribution in [3.8, 4) is 5.88 Å². The van der Waals surface area contributed by atoms with Gasteiger partial charge in [0.25, 0.3) is 0 Å². The van der Waals surface area contributed by atoms with Crippen LogP contribution in [-0.4, -0.2) is 22.1 Å². The second-order valence-electron chi connectivity index (χ2n) is 4.66. The predicted molar refractivity (Wildman–Crippen MR) is 65.1 cm³/mol. The van der Waals surface area contributed by atoms with Crippen LogP contribution in [0.25, 0.3) is 0 Å². The van der Waals surface area contributed by atoms with E-state index in [1.165, 1.54) is 19.0 Å². The molecule has 0 atom stereocenters. The summed E-state index contributed by atoms with van der Waals surface area (Å²) in [5, 5.41) is 15.2. The van der Waals surface area contributed by atoms with Crippen LogP contribution in [0.3, 0.4) is 0 Å². The molecule has 1 fully saturated rings. The maximum Gasteiger partial charge on any atom is 0.244 e. The molecule has 1 heterocycles. The van der Waals surface area contributed by atoms with Crippen molar-refractivity contribution in [3.63, 3.8) is 0 Å². The lowest BCUT2D eigenvalue weighted by molar-refractivity contribution is 0.128. The summed E-state index contributed by atoms with van der Waals surface area (Å²) in [5.41, 5.74) is 6.00. The summed E-state index contributed by atoms with van der Waals surface area (Å²) >= 11 is 0. The van der Waals surface area contributed by atoms with Crippen molar-refractivity contribution in [3.05, 3.63) is 17.8 Å². The van der Waals surface area contributed by atoms with Crippen LogP contribution in [0.1, 0.15) is 38.2 Å². The number of amidine groups is 1. The van der Waals surface area contributed by atoms with Gasteiger partial charge in [-0.05, 0) is 37.7 Å². The molecule has 0 amide bonds. The maximum atomic E-state index is 7.46. The van der Waals surface area contributed by atoms with E-state index in [0.29, 0.717) is 11.4 Å². The molecular formula is C12H18N4O. The number of hydrogen-bond acceptors (Lipinski definition) is 4. The first kappa shape index (κ1) is 11.8. The molecule has 2 rings (SSSR count). The molecule has 17 heavy (non-hydrogen) atoms. The van der Waals surface area contributed by atoms with Gasteiger partial charge in [-0.2, -0.15) is 5.10 Å². The van der Waals surface area contributed by atoms with Crippen molar-refractivity contribution >= 4 is 5.84 Å². The third-order valence-electron chi connectivity index (χ3n) is 3.22. The fourth-order valence-corrected chi connectivity index (χ4v) is 2.12. The van der Waals surface area contributed by atoms with Crippen LogP contribution >= 0.6 is 0 Å². The van der Waals surface area contributed by atoms with Crippen LogP contribution in [0.2, 0.25) is 0 Å². The van der Waals surface area contributed by atoms with E-state index in [1.54, 1.807) is 6.07 Å². The van der Waals surface area contributed by atoms with Crippen molar-refractivity contribution in [1.82, 2.24) is 10.2 Å². The lowest BCUT2D eigenvalue weighted by atomic mass is 9.89. The van der Waals surface area contributed by atoms with Crippen molar-refractivity contribution in [1.29, 1.82) is 5.41 Å². The first-order valence-electron chi connectivity index (χ1n) is 5.99. The van der Waals surface area contributed by atoms with Gasteiger partial charge in [0, 0.05) is 0 Å². The molecule has 1 aromatic rings. The Morgan fingerprint density at radius 1 is 1.41 bits per heavy atom. The number of nitrogens with zero attached hydrogens (tertiary/aromatic N) is 2. The summed E-state index contributed by atoms with van der Waals surface area (Å²) in [6, 6.07) is 1.66. The summed E-state index contributed by atoms with van der Waals surface area (Å²) < 4.78 is 5.80. The Bertz CT molecular complexity index is 399. The number of nitrogen functional groups attached to an aromatic ring is 1. The zero-order valence-electron chi connectivity index (χ0n) is 10.0. The van der Waals surface area contributed by atoms with E-state index in [2.05, 4.69) is 17.1 Å². The number of nitrogens with one attached hydrogen (secondary N) is 1. The van der Waals surface area contributed by atoms with E-state index in [1.807, 2.05) is 0 Å². The van der Waals surface area contributed by atoms with E-state index < -0.39 is 0 Å². The van der Waals surface area contributed by atoms with Gasteiger partial charge in [-0.1, -0.05) is 6.92 Å². The third kappa shape index (κ3) is 2.93. The molecule has 0 radical (unpaired) electrons. The molecule has 3 N–H and O–H groups in total. The molecule has 0 bridgehead atoms. The smallest absolute Gasteiger partial charge is 0.244 e. The second kappa shape index (κ2) is 5.12.